The second-order valence-electron chi connectivity index (χ2n) is 10.5. The molecule has 0 bridgehead atoms. The van der Waals surface area contributed by atoms with Gasteiger partial charge in [0.2, 0.25) is 0 Å². The van der Waals surface area contributed by atoms with Crippen molar-refractivity contribution in [2.45, 2.75) is 182 Å². The van der Waals surface area contributed by atoms with E-state index in [9.17, 15) is 0 Å². The molecular weight excluding hydrogens is 432 g/mol. The van der Waals surface area contributed by atoms with Crippen LogP contribution >= 0.6 is 0 Å². The SMILES string of the molecule is CCC/C=C/C/C=C/C/C=C\C/C=C/CCCCC.CCCCCCCCCCCCCCCCC. The van der Waals surface area contributed by atoms with Gasteiger partial charge in [-0.25, -0.2) is 0 Å². The molecule has 0 radical (unpaired) electrons. The van der Waals surface area contributed by atoms with Crippen LogP contribution in [-0.4, -0.2) is 0 Å². The lowest BCUT2D eigenvalue weighted by Gasteiger charge is -2.02. The summed E-state index contributed by atoms with van der Waals surface area (Å²) in [7, 11) is 0. The lowest BCUT2D eigenvalue weighted by molar-refractivity contribution is 0.534. The van der Waals surface area contributed by atoms with Crippen LogP contribution in [0.25, 0.3) is 0 Å². The highest BCUT2D eigenvalue weighted by Crippen LogP contribution is 2.13. The molecule has 0 atom stereocenters. The van der Waals surface area contributed by atoms with Crippen LogP contribution in [0, 0.1) is 0 Å². The van der Waals surface area contributed by atoms with Crippen molar-refractivity contribution in [1.29, 1.82) is 0 Å². The van der Waals surface area contributed by atoms with Gasteiger partial charge in [-0.1, -0.05) is 192 Å². The van der Waals surface area contributed by atoms with Crippen LogP contribution in [-0.2, 0) is 0 Å². The fourth-order valence-corrected chi connectivity index (χ4v) is 4.17. The van der Waals surface area contributed by atoms with Crippen LogP contribution in [0.15, 0.2) is 48.6 Å². The van der Waals surface area contributed by atoms with E-state index in [1.54, 1.807) is 0 Å². The van der Waals surface area contributed by atoms with Gasteiger partial charge in [-0.2, -0.15) is 0 Å². The average molecular weight is 501 g/mol. The molecule has 0 fully saturated rings. The highest BCUT2D eigenvalue weighted by Gasteiger charge is 1.93. The van der Waals surface area contributed by atoms with E-state index in [2.05, 4.69) is 76.3 Å². The van der Waals surface area contributed by atoms with Crippen LogP contribution < -0.4 is 0 Å². The lowest BCUT2D eigenvalue weighted by atomic mass is 10.0. The van der Waals surface area contributed by atoms with Gasteiger partial charge in [-0.05, 0) is 38.5 Å². The number of rotatable bonds is 26. The van der Waals surface area contributed by atoms with E-state index < -0.39 is 0 Å². The summed E-state index contributed by atoms with van der Waals surface area (Å²) in [5.41, 5.74) is 0. The summed E-state index contributed by atoms with van der Waals surface area (Å²) >= 11 is 0. The van der Waals surface area contributed by atoms with Gasteiger partial charge in [0.25, 0.3) is 0 Å². The maximum Gasteiger partial charge on any atom is -0.0169 e. The Balaban J connectivity index is 0. The van der Waals surface area contributed by atoms with Gasteiger partial charge >= 0.3 is 0 Å². The Morgan fingerprint density at radius 2 is 0.528 bits per heavy atom. The van der Waals surface area contributed by atoms with Gasteiger partial charge in [0.05, 0.1) is 0 Å². The molecule has 0 aliphatic rings. The number of allylic oxidation sites excluding steroid dienone is 8. The molecule has 0 aliphatic carbocycles. The second-order valence-corrected chi connectivity index (χ2v) is 10.5. The summed E-state index contributed by atoms with van der Waals surface area (Å²) in [5.74, 6) is 0. The minimum absolute atomic E-state index is 1.06. The number of unbranched alkanes of at least 4 members (excludes halogenated alkanes) is 18. The van der Waals surface area contributed by atoms with E-state index in [4.69, 9.17) is 0 Å². The molecule has 0 aromatic carbocycles. The molecule has 0 rings (SSSR count). The Morgan fingerprint density at radius 3 is 0.861 bits per heavy atom. The molecule has 36 heavy (non-hydrogen) atoms. The summed E-state index contributed by atoms with van der Waals surface area (Å²) in [4.78, 5) is 0. The summed E-state index contributed by atoms with van der Waals surface area (Å²) in [6.07, 6.45) is 51.0. The lowest BCUT2D eigenvalue weighted by Crippen LogP contribution is -1.82. The van der Waals surface area contributed by atoms with Crippen molar-refractivity contribution in [3.05, 3.63) is 48.6 Å². The highest BCUT2D eigenvalue weighted by atomic mass is 14.0. The zero-order valence-corrected chi connectivity index (χ0v) is 25.6. The van der Waals surface area contributed by atoms with Gasteiger partial charge in [0.1, 0.15) is 0 Å². The third-order valence-electron chi connectivity index (χ3n) is 6.62. The van der Waals surface area contributed by atoms with Gasteiger partial charge in [-0.3, -0.25) is 0 Å². The van der Waals surface area contributed by atoms with Crippen molar-refractivity contribution >= 4 is 0 Å². The van der Waals surface area contributed by atoms with Crippen molar-refractivity contribution in [1.82, 2.24) is 0 Å². The molecule has 0 aromatic rings. The molecule has 0 saturated carbocycles. The molecule has 0 amide bonds. The molecule has 0 heteroatoms. The predicted octanol–water partition coefficient (Wildman–Crippen LogP) is 13.6. The van der Waals surface area contributed by atoms with Crippen molar-refractivity contribution in [2.24, 2.45) is 0 Å². The van der Waals surface area contributed by atoms with Crippen molar-refractivity contribution < 1.29 is 0 Å². The Bertz CT molecular complexity index is 450. The van der Waals surface area contributed by atoms with E-state index in [1.165, 1.54) is 135 Å². The first-order valence-electron chi connectivity index (χ1n) is 16.4. The quantitative estimate of drug-likeness (QED) is 0.0818. The summed E-state index contributed by atoms with van der Waals surface area (Å²) in [6, 6.07) is 0. The van der Waals surface area contributed by atoms with Crippen LogP contribution in [0.2, 0.25) is 0 Å². The Labute approximate surface area is 230 Å². The fraction of sp³-hybridized carbons (Fsp3) is 0.778. The van der Waals surface area contributed by atoms with Crippen LogP contribution in [0.1, 0.15) is 182 Å². The molecule has 0 spiro atoms. The first kappa shape index (κ1) is 37.1. The fourth-order valence-electron chi connectivity index (χ4n) is 4.17. The normalized spacial score (nSPS) is 11.9. The molecule has 0 aliphatic heterocycles. The molecule has 212 valence electrons. The van der Waals surface area contributed by atoms with E-state index in [-0.39, 0.29) is 0 Å². The Kier molecular flexibility index (Phi) is 39.7. The van der Waals surface area contributed by atoms with Crippen molar-refractivity contribution in [2.75, 3.05) is 0 Å². The minimum Gasteiger partial charge on any atom is -0.0882 e. The largest absolute Gasteiger partial charge is 0.0882 e. The standard InChI is InChI=1S/C19H32.C17H36/c1-3-5-7-9-11-13-15-17-19-18-16-14-12-10-8-6-4-2;1-3-5-7-9-11-13-15-17-16-14-12-10-8-6-4-2/h7,9,12-15,18-19H,3-6,8,10-11,16-17H2,1-2H3;3-17H2,1-2H3/b9-7+,14-12+,15-13+,19-18-;. The number of hydrogen-bond acceptors (Lipinski definition) is 0. The summed E-state index contributed by atoms with van der Waals surface area (Å²) in [6.45, 7) is 9.05. The predicted molar refractivity (Wildman–Crippen MR) is 170 cm³/mol. The van der Waals surface area contributed by atoms with Crippen molar-refractivity contribution in [3.8, 4) is 0 Å². The minimum atomic E-state index is 1.06. The Hall–Kier alpha value is -1.04. The summed E-state index contributed by atoms with van der Waals surface area (Å²) < 4.78 is 0. The van der Waals surface area contributed by atoms with E-state index >= 15 is 0 Å². The zero-order chi connectivity index (χ0) is 26.6. The second kappa shape index (κ2) is 38.5. The van der Waals surface area contributed by atoms with Crippen LogP contribution in [0.3, 0.4) is 0 Å². The summed E-state index contributed by atoms with van der Waals surface area (Å²) in [5, 5.41) is 0. The maximum atomic E-state index is 2.31. The number of hydrogen-bond donors (Lipinski definition) is 0. The Morgan fingerprint density at radius 1 is 0.250 bits per heavy atom. The first-order chi connectivity index (χ1) is 17.8. The first-order valence-corrected chi connectivity index (χ1v) is 16.4. The van der Waals surface area contributed by atoms with E-state index in [1.807, 2.05) is 0 Å². The molecule has 0 nitrogen and oxygen atoms in total. The van der Waals surface area contributed by atoms with Crippen molar-refractivity contribution in [3.63, 3.8) is 0 Å². The third-order valence-corrected chi connectivity index (χ3v) is 6.62. The zero-order valence-electron chi connectivity index (χ0n) is 25.6. The molecule has 0 saturated heterocycles. The van der Waals surface area contributed by atoms with Gasteiger partial charge in [0.15, 0.2) is 0 Å². The molecule has 0 N–H and O–H groups in total. The molecule has 0 unspecified atom stereocenters. The average Bonchev–Trinajstić information content (AvgIpc) is 2.89. The third kappa shape index (κ3) is 40.1. The highest BCUT2D eigenvalue weighted by molar-refractivity contribution is 4.99. The van der Waals surface area contributed by atoms with Gasteiger partial charge in [-0.15, -0.1) is 0 Å². The van der Waals surface area contributed by atoms with E-state index in [0.29, 0.717) is 0 Å². The topological polar surface area (TPSA) is 0 Å². The van der Waals surface area contributed by atoms with Gasteiger partial charge < -0.3 is 0 Å². The molecular formula is C36H68. The van der Waals surface area contributed by atoms with Crippen LogP contribution in [0.5, 0.6) is 0 Å². The van der Waals surface area contributed by atoms with Crippen LogP contribution in [0.4, 0.5) is 0 Å². The molecule has 0 heterocycles. The van der Waals surface area contributed by atoms with E-state index in [0.717, 1.165) is 19.3 Å². The van der Waals surface area contributed by atoms with Gasteiger partial charge in [0, 0.05) is 0 Å². The molecule has 0 aromatic heterocycles. The maximum absolute atomic E-state index is 2.31. The monoisotopic (exact) mass is 501 g/mol. The smallest absolute Gasteiger partial charge is 0.0169 e.